The number of aliphatic hydroxyl groups excluding tert-OH is 1. The minimum atomic E-state index is 0.0304. The molecule has 1 atom stereocenters. The lowest BCUT2D eigenvalue weighted by Crippen LogP contribution is -2.41. The SMILES string of the molecule is CC(C)N(CCCO)C(=O)CC(N)C1CC1. The lowest BCUT2D eigenvalue weighted by atomic mass is 10.1. The van der Waals surface area contributed by atoms with Crippen LogP contribution >= 0.6 is 0 Å². The molecule has 1 aliphatic carbocycles. The van der Waals surface area contributed by atoms with Gasteiger partial charge in [0, 0.05) is 31.7 Å². The maximum Gasteiger partial charge on any atom is 0.224 e. The zero-order chi connectivity index (χ0) is 12.1. The van der Waals surface area contributed by atoms with Crippen LogP contribution in [0.1, 0.15) is 39.5 Å². The molecule has 0 aromatic rings. The maximum atomic E-state index is 12.0. The Kier molecular flexibility index (Phi) is 5.22. The topological polar surface area (TPSA) is 66.6 Å². The molecule has 1 rings (SSSR count). The van der Waals surface area contributed by atoms with Gasteiger partial charge in [0.2, 0.25) is 5.91 Å². The van der Waals surface area contributed by atoms with Crippen molar-refractivity contribution in [3.63, 3.8) is 0 Å². The molecule has 0 aromatic heterocycles. The van der Waals surface area contributed by atoms with Crippen molar-refractivity contribution in [1.82, 2.24) is 4.90 Å². The van der Waals surface area contributed by atoms with Crippen molar-refractivity contribution in [3.8, 4) is 0 Å². The quantitative estimate of drug-likeness (QED) is 0.675. The first-order chi connectivity index (χ1) is 7.56. The average molecular weight is 228 g/mol. The van der Waals surface area contributed by atoms with Crippen molar-refractivity contribution in [1.29, 1.82) is 0 Å². The van der Waals surface area contributed by atoms with Crippen LogP contribution in [-0.4, -0.2) is 41.1 Å². The summed E-state index contributed by atoms with van der Waals surface area (Å²) in [6, 6.07) is 0.216. The number of nitrogens with two attached hydrogens (primary N) is 1. The fraction of sp³-hybridized carbons (Fsp3) is 0.917. The summed E-state index contributed by atoms with van der Waals surface area (Å²) >= 11 is 0. The molecule has 4 nitrogen and oxygen atoms in total. The highest BCUT2D eigenvalue weighted by molar-refractivity contribution is 5.77. The Bertz CT molecular complexity index is 227. The van der Waals surface area contributed by atoms with E-state index in [0.29, 0.717) is 25.3 Å². The number of amides is 1. The third-order valence-corrected chi connectivity index (χ3v) is 3.14. The van der Waals surface area contributed by atoms with Crippen LogP contribution in [0.2, 0.25) is 0 Å². The van der Waals surface area contributed by atoms with E-state index in [2.05, 4.69) is 0 Å². The summed E-state index contributed by atoms with van der Waals surface area (Å²) in [5.74, 6) is 0.693. The zero-order valence-corrected chi connectivity index (χ0v) is 10.4. The van der Waals surface area contributed by atoms with Crippen LogP contribution in [0.4, 0.5) is 0 Å². The number of carbonyl (C=O) groups is 1. The standard InChI is InChI=1S/C12H24N2O2/c1-9(2)14(6-3-7-15)12(16)8-11(13)10-4-5-10/h9-11,15H,3-8,13H2,1-2H3. The van der Waals surface area contributed by atoms with Gasteiger partial charge in [-0.25, -0.2) is 0 Å². The summed E-state index contributed by atoms with van der Waals surface area (Å²) in [4.78, 5) is 13.8. The molecule has 4 heteroatoms. The summed E-state index contributed by atoms with van der Waals surface area (Å²) < 4.78 is 0. The van der Waals surface area contributed by atoms with Crippen LogP contribution in [0.5, 0.6) is 0 Å². The molecule has 3 N–H and O–H groups in total. The fourth-order valence-corrected chi connectivity index (χ4v) is 1.92. The third kappa shape index (κ3) is 4.10. The largest absolute Gasteiger partial charge is 0.396 e. The molecule has 0 saturated heterocycles. The molecule has 0 aliphatic heterocycles. The van der Waals surface area contributed by atoms with Gasteiger partial charge in [0.15, 0.2) is 0 Å². The van der Waals surface area contributed by atoms with Crippen LogP contribution < -0.4 is 5.73 Å². The summed E-state index contributed by atoms with van der Waals surface area (Å²) in [5, 5.41) is 8.80. The summed E-state index contributed by atoms with van der Waals surface area (Å²) in [6.45, 7) is 4.76. The van der Waals surface area contributed by atoms with Gasteiger partial charge in [-0.2, -0.15) is 0 Å². The Morgan fingerprint density at radius 2 is 2.12 bits per heavy atom. The molecule has 1 unspecified atom stereocenters. The van der Waals surface area contributed by atoms with E-state index in [0.717, 1.165) is 0 Å². The second-order valence-electron chi connectivity index (χ2n) is 4.96. The van der Waals surface area contributed by atoms with E-state index in [-0.39, 0.29) is 24.6 Å². The van der Waals surface area contributed by atoms with Crippen LogP contribution in [-0.2, 0) is 4.79 Å². The van der Waals surface area contributed by atoms with Gasteiger partial charge in [0.1, 0.15) is 0 Å². The van der Waals surface area contributed by atoms with Gasteiger partial charge in [-0.15, -0.1) is 0 Å². The first-order valence-electron chi connectivity index (χ1n) is 6.22. The fourth-order valence-electron chi connectivity index (χ4n) is 1.92. The Hall–Kier alpha value is -0.610. The van der Waals surface area contributed by atoms with E-state index in [1.54, 1.807) is 0 Å². The van der Waals surface area contributed by atoms with Gasteiger partial charge in [-0.05, 0) is 39.0 Å². The molecule has 0 radical (unpaired) electrons. The van der Waals surface area contributed by atoms with E-state index >= 15 is 0 Å². The van der Waals surface area contributed by atoms with Gasteiger partial charge >= 0.3 is 0 Å². The van der Waals surface area contributed by atoms with Crippen molar-refractivity contribution in [2.75, 3.05) is 13.2 Å². The van der Waals surface area contributed by atoms with Gasteiger partial charge in [0.25, 0.3) is 0 Å². The van der Waals surface area contributed by atoms with Gasteiger partial charge < -0.3 is 15.7 Å². The summed E-state index contributed by atoms with van der Waals surface area (Å²) in [7, 11) is 0. The molecular weight excluding hydrogens is 204 g/mol. The van der Waals surface area contributed by atoms with Crippen molar-refractivity contribution in [3.05, 3.63) is 0 Å². The molecule has 0 bridgehead atoms. The van der Waals surface area contributed by atoms with Crippen molar-refractivity contribution >= 4 is 5.91 Å². The maximum absolute atomic E-state index is 12.0. The number of carbonyl (C=O) groups excluding carboxylic acids is 1. The van der Waals surface area contributed by atoms with E-state index in [1.807, 2.05) is 18.7 Å². The predicted octanol–water partition coefficient (Wildman–Crippen LogP) is 0.733. The van der Waals surface area contributed by atoms with Crippen molar-refractivity contribution in [2.24, 2.45) is 11.7 Å². The molecule has 0 heterocycles. The van der Waals surface area contributed by atoms with Crippen molar-refractivity contribution in [2.45, 2.75) is 51.6 Å². The zero-order valence-electron chi connectivity index (χ0n) is 10.4. The molecule has 1 amide bonds. The highest BCUT2D eigenvalue weighted by Crippen LogP contribution is 2.33. The minimum absolute atomic E-state index is 0.0304. The van der Waals surface area contributed by atoms with Crippen LogP contribution in [0.3, 0.4) is 0 Å². The minimum Gasteiger partial charge on any atom is -0.396 e. The number of aliphatic hydroxyl groups is 1. The molecule has 0 aromatic carbocycles. The van der Waals surface area contributed by atoms with Crippen LogP contribution in [0.15, 0.2) is 0 Å². The lowest BCUT2D eigenvalue weighted by molar-refractivity contribution is -0.133. The van der Waals surface area contributed by atoms with E-state index in [9.17, 15) is 4.79 Å². The normalized spacial score (nSPS) is 17.6. The Morgan fingerprint density at radius 1 is 1.50 bits per heavy atom. The number of rotatable bonds is 7. The number of hydrogen-bond acceptors (Lipinski definition) is 3. The Morgan fingerprint density at radius 3 is 2.56 bits per heavy atom. The number of nitrogens with zero attached hydrogens (tertiary/aromatic N) is 1. The predicted molar refractivity (Wildman–Crippen MR) is 63.9 cm³/mol. The smallest absolute Gasteiger partial charge is 0.224 e. The van der Waals surface area contributed by atoms with E-state index in [1.165, 1.54) is 12.8 Å². The van der Waals surface area contributed by atoms with Crippen molar-refractivity contribution < 1.29 is 9.90 Å². The summed E-state index contributed by atoms with van der Waals surface area (Å²) in [6.07, 6.45) is 3.44. The van der Waals surface area contributed by atoms with E-state index < -0.39 is 0 Å². The average Bonchev–Trinajstić information content (AvgIpc) is 3.00. The first kappa shape index (κ1) is 13.5. The van der Waals surface area contributed by atoms with Crippen LogP contribution in [0.25, 0.3) is 0 Å². The molecular formula is C12H24N2O2. The highest BCUT2D eigenvalue weighted by Gasteiger charge is 2.31. The molecule has 0 spiro atoms. The highest BCUT2D eigenvalue weighted by atomic mass is 16.3. The second kappa shape index (κ2) is 6.21. The lowest BCUT2D eigenvalue weighted by Gasteiger charge is -2.27. The third-order valence-electron chi connectivity index (χ3n) is 3.14. The monoisotopic (exact) mass is 228 g/mol. The molecule has 94 valence electrons. The summed E-state index contributed by atoms with van der Waals surface area (Å²) in [5.41, 5.74) is 5.95. The molecule has 16 heavy (non-hydrogen) atoms. The molecule has 1 fully saturated rings. The van der Waals surface area contributed by atoms with Crippen LogP contribution in [0, 0.1) is 5.92 Å². The van der Waals surface area contributed by atoms with Gasteiger partial charge in [-0.1, -0.05) is 0 Å². The first-order valence-corrected chi connectivity index (χ1v) is 6.22. The van der Waals surface area contributed by atoms with Gasteiger partial charge in [0.05, 0.1) is 0 Å². The number of hydrogen-bond donors (Lipinski definition) is 2. The molecule has 1 saturated carbocycles. The van der Waals surface area contributed by atoms with E-state index in [4.69, 9.17) is 10.8 Å². The Labute approximate surface area is 97.8 Å². The van der Waals surface area contributed by atoms with Gasteiger partial charge in [-0.3, -0.25) is 4.79 Å². The Balaban J connectivity index is 2.39. The second-order valence-corrected chi connectivity index (χ2v) is 4.96. The molecule has 1 aliphatic rings.